The Kier molecular flexibility index (Phi) is 5.56. The third kappa shape index (κ3) is 4.44. The van der Waals surface area contributed by atoms with Gasteiger partial charge in [-0.05, 0) is 13.0 Å². The number of hydrogen-bond donors (Lipinski definition) is 2. The summed E-state index contributed by atoms with van der Waals surface area (Å²) in [7, 11) is 1.66. The second-order valence-electron chi connectivity index (χ2n) is 3.66. The molecule has 1 aromatic heterocycles. The second kappa shape index (κ2) is 7.00. The maximum atomic E-state index is 11.0. The van der Waals surface area contributed by atoms with Gasteiger partial charge in [-0.1, -0.05) is 6.92 Å². The molecule has 0 atom stereocenters. The van der Waals surface area contributed by atoms with E-state index in [1.165, 1.54) is 0 Å². The van der Waals surface area contributed by atoms with E-state index < -0.39 is 0 Å². The lowest BCUT2D eigenvalue weighted by atomic mass is 10.3. The molecule has 0 radical (unpaired) electrons. The van der Waals surface area contributed by atoms with Gasteiger partial charge in [0.15, 0.2) is 0 Å². The summed E-state index contributed by atoms with van der Waals surface area (Å²) in [6, 6.07) is 0. The van der Waals surface area contributed by atoms with Crippen LogP contribution in [-0.4, -0.2) is 29.1 Å². The minimum absolute atomic E-state index is 0.0907. The summed E-state index contributed by atoms with van der Waals surface area (Å²) >= 11 is 0. The predicted octanol–water partition coefficient (Wildman–Crippen LogP) is 0.519. The van der Waals surface area contributed by atoms with Gasteiger partial charge in [0.25, 0.3) is 0 Å². The molecule has 0 aromatic carbocycles. The first-order valence-electron chi connectivity index (χ1n) is 5.68. The Labute approximate surface area is 96.3 Å². The molecule has 0 aliphatic rings. The number of amides is 1. The number of nitrogens with one attached hydrogen (secondary N) is 2. The van der Waals surface area contributed by atoms with Crippen LogP contribution in [0.3, 0.4) is 0 Å². The molecule has 16 heavy (non-hydrogen) atoms. The van der Waals surface area contributed by atoms with E-state index in [2.05, 4.69) is 22.5 Å². The van der Waals surface area contributed by atoms with Crippen molar-refractivity contribution in [2.24, 2.45) is 0 Å². The van der Waals surface area contributed by atoms with Crippen molar-refractivity contribution >= 4 is 5.91 Å². The number of rotatable bonds is 7. The van der Waals surface area contributed by atoms with Crippen molar-refractivity contribution in [3.05, 3.63) is 18.2 Å². The Hall–Kier alpha value is -1.36. The minimum Gasteiger partial charge on any atom is -0.359 e. The maximum Gasteiger partial charge on any atom is 0.219 e. The molecule has 5 heteroatoms. The van der Waals surface area contributed by atoms with Gasteiger partial charge in [-0.3, -0.25) is 4.79 Å². The summed E-state index contributed by atoms with van der Waals surface area (Å²) in [6.45, 7) is 4.66. The number of carbonyl (C=O) groups excluding carboxylic acids is 1. The van der Waals surface area contributed by atoms with Crippen LogP contribution in [-0.2, 0) is 17.9 Å². The number of aromatic nitrogens is 2. The zero-order valence-electron chi connectivity index (χ0n) is 9.99. The van der Waals surface area contributed by atoms with Crippen LogP contribution >= 0.6 is 0 Å². The van der Waals surface area contributed by atoms with Crippen LogP contribution in [0.2, 0.25) is 0 Å². The molecule has 2 N–H and O–H groups in total. The van der Waals surface area contributed by atoms with Crippen molar-refractivity contribution in [3.63, 3.8) is 0 Å². The van der Waals surface area contributed by atoms with Crippen molar-refractivity contribution in [2.45, 2.75) is 32.9 Å². The lowest BCUT2D eigenvalue weighted by Gasteiger charge is -2.01. The second-order valence-corrected chi connectivity index (χ2v) is 3.66. The van der Waals surface area contributed by atoms with E-state index in [0.717, 1.165) is 31.7 Å². The minimum atomic E-state index is 0.0907. The van der Waals surface area contributed by atoms with Crippen molar-refractivity contribution in [2.75, 3.05) is 13.6 Å². The Balaban J connectivity index is 2.26. The predicted molar refractivity (Wildman–Crippen MR) is 62.9 cm³/mol. The molecule has 1 rings (SSSR count). The molecule has 0 spiro atoms. The fourth-order valence-electron chi connectivity index (χ4n) is 1.42. The number of imidazole rings is 1. The molecule has 1 amide bonds. The Morgan fingerprint density at radius 2 is 2.38 bits per heavy atom. The van der Waals surface area contributed by atoms with E-state index >= 15 is 0 Å². The summed E-state index contributed by atoms with van der Waals surface area (Å²) in [4.78, 5) is 15.3. The van der Waals surface area contributed by atoms with Gasteiger partial charge in [0.05, 0.1) is 12.0 Å². The van der Waals surface area contributed by atoms with E-state index in [9.17, 15) is 4.79 Å². The standard InChI is InChI=1S/C11H20N4O/c1-3-13-7-10-8-15(9-14-10)6-4-5-11(16)12-2/h8-9,13H,3-7H2,1-2H3,(H,12,16). The van der Waals surface area contributed by atoms with Gasteiger partial charge in [-0.15, -0.1) is 0 Å². The number of nitrogens with zero attached hydrogens (tertiary/aromatic N) is 2. The molecular weight excluding hydrogens is 204 g/mol. The SMILES string of the molecule is CCNCc1cn(CCCC(=O)NC)cn1. The van der Waals surface area contributed by atoms with Crippen LogP contribution in [0.5, 0.6) is 0 Å². The van der Waals surface area contributed by atoms with Crippen molar-refractivity contribution in [1.82, 2.24) is 20.2 Å². The molecule has 0 unspecified atom stereocenters. The third-order valence-electron chi connectivity index (χ3n) is 2.34. The highest BCUT2D eigenvalue weighted by Gasteiger charge is 2.00. The van der Waals surface area contributed by atoms with Crippen LogP contribution in [0.1, 0.15) is 25.5 Å². The average molecular weight is 224 g/mol. The van der Waals surface area contributed by atoms with E-state index in [0.29, 0.717) is 6.42 Å². The first kappa shape index (κ1) is 12.7. The fraction of sp³-hybridized carbons (Fsp3) is 0.636. The Bertz CT molecular complexity index is 322. The van der Waals surface area contributed by atoms with Gasteiger partial charge in [-0.2, -0.15) is 0 Å². The molecule has 0 saturated heterocycles. The van der Waals surface area contributed by atoms with Crippen LogP contribution in [0.4, 0.5) is 0 Å². The summed E-state index contributed by atoms with van der Waals surface area (Å²) in [6.07, 6.45) is 5.25. The lowest BCUT2D eigenvalue weighted by Crippen LogP contribution is -2.17. The highest BCUT2D eigenvalue weighted by molar-refractivity contribution is 5.75. The highest BCUT2D eigenvalue weighted by Crippen LogP contribution is 1.99. The van der Waals surface area contributed by atoms with Gasteiger partial charge in [0.2, 0.25) is 5.91 Å². The van der Waals surface area contributed by atoms with Crippen LogP contribution in [0.15, 0.2) is 12.5 Å². The molecule has 0 aliphatic heterocycles. The van der Waals surface area contributed by atoms with Crippen molar-refractivity contribution < 1.29 is 4.79 Å². The topological polar surface area (TPSA) is 59.0 Å². The van der Waals surface area contributed by atoms with Gasteiger partial charge in [0.1, 0.15) is 0 Å². The Morgan fingerprint density at radius 1 is 1.56 bits per heavy atom. The average Bonchev–Trinajstić information content (AvgIpc) is 2.74. The molecule has 1 heterocycles. The van der Waals surface area contributed by atoms with Crippen LogP contribution in [0, 0.1) is 0 Å². The monoisotopic (exact) mass is 224 g/mol. The summed E-state index contributed by atoms with van der Waals surface area (Å²) in [5, 5.41) is 5.83. The number of hydrogen-bond acceptors (Lipinski definition) is 3. The first-order chi connectivity index (χ1) is 7.76. The number of aryl methyl sites for hydroxylation is 1. The van der Waals surface area contributed by atoms with Crippen molar-refractivity contribution in [3.8, 4) is 0 Å². The molecule has 0 bridgehead atoms. The van der Waals surface area contributed by atoms with Gasteiger partial charge in [0, 0.05) is 32.8 Å². The van der Waals surface area contributed by atoms with E-state index in [1.807, 2.05) is 17.1 Å². The zero-order valence-corrected chi connectivity index (χ0v) is 9.99. The van der Waals surface area contributed by atoms with E-state index in [4.69, 9.17) is 0 Å². The summed E-state index contributed by atoms with van der Waals surface area (Å²) in [5.41, 5.74) is 1.04. The van der Waals surface area contributed by atoms with E-state index in [-0.39, 0.29) is 5.91 Å². The molecule has 0 fully saturated rings. The molecule has 90 valence electrons. The fourth-order valence-corrected chi connectivity index (χ4v) is 1.42. The first-order valence-corrected chi connectivity index (χ1v) is 5.68. The summed E-state index contributed by atoms with van der Waals surface area (Å²) in [5.74, 6) is 0.0907. The maximum absolute atomic E-state index is 11.0. The molecule has 5 nitrogen and oxygen atoms in total. The quantitative estimate of drug-likeness (QED) is 0.710. The van der Waals surface area contributed by atoms with Crippen LogP contribution in [0.25, 0.3) is 0 Å². The lowest BCUT2D eigenvalue weighted by molar-refractivity contribution is -0.120. The normalized spacial score (nSPS) is 10.4. The van der Waals surface area contributed by atoms with Gasteiger partial charge in [-0.25, -0.2) is 4.98 Å². The van der Waals surface area contributed by atoms with Crippen molar-refractivity contribution in [1.29, 1.82) is 0 Å². The van der Waals surface area contributed by atoms with E-state index in [1.54, 1.807) is 7.05 Å². The highest BCUT2D eigenvalue weighted by atomic mass is 16.1. The smallest absolute Gasteiger partial charge is 0.219 e. The summed E-state index contributed by atoms with van der Waals surface area (Å²) < 4.78 is 2.02. The molecule has 0 saturated carbocycles. The number of carbonyl (C=O) groups is 1. The van der Waals surface area contributed by atoms with Crippen LogP contribution < -0.4 is 10.6 Å². The Morgan fingerprint density at radius 3 is 3.06 bits per heavy atom. The zero-order chi connectivity index (χ0) is 11.8. The largest absolute Gasteiger partial charge is 0.359 e. The third-order valence-corrected chi connectivity index (χ3v) is 2.34. The molecular formula is C11H20N4O. The molecule has 1 aromatic rings. The van der Waals surface area contributed by atoms with Gasteiger partial charge < -0.3 is 15.2 Å². The molecule has 0 aliphatic carbocycles. The van der Waals surface area contributed by atoms with Gasteiger partial charge >= 0.3 is 0 Å².